The van der Waals surface area contributed by atoms with Crippen molar-refractivity contribution in [2.45, 2.75) is 19.1 Å². The lowest BCUT2D eigenvalue weighted by molar-refractivity contribution is -0.0439. The third-order valence-electron chi connectivity index (χ3n) is 4.04. The smallest absolute Gasteiger partial charge is 0.162 e. The fourth-order valence-corrected chi connectivity index (χ4v) is 2.84. The zero-order valence-electron chi connectivity index (χ0n) is 13.9. The average molecular weight is 331 g/mol. The van der Waals surface area contributed by atoms with Crippen molar-refractivity contribution in [2.24, 2.45) is 0 Å². The normalized spacial score (nSPS) is 18.9. The maximum Gasteiger partial charge on any atom is 0.162 e. The number of halogens is 1. The minimum atomic E-state index is -0.427. The Hall–Kier alpha value is -2.11. The summed E-state index contributed by atoms with van der Waals surface area (Å²) in [6.45, 7) is 4.04. The van der Waals surface area contributed by atoms with Crippen molar-refractivity contribution in [1.82, 2.24) is 5.32 Å². The topological polar surface area (TPSA) is 39.7 Å². The summed E-state index contributed by atoms with van der Waals surface area (Å²) in [5.41, 5.74) is 1.80. The van der Waals surface area contributed by atoms with Crippen molar-refractivity contribution in [3.63, 3.8) is 0 Å². The Balaban J connectivity index is 1.94. The van der Waals surface area contributed by atoms with Gasteiger partial charge in [-0.1, -0.05) is 18.2 Å². The van der Waals surface area contributed by atoms with Gasteiger partial charge in [0.1, 0.15) is 11.9 Å². The fraction of sp³-hybridized carbons (Fsp3) is 0.368. The van der Waals surface area contributed by atoms with Gasteiger partial charge in [-0.15, -0.1) is 0 Å². The van der Waals surface area contributed by atoms with Crippen LogP contribution in [0, 0.1) is 12.7 Å². The first-order valence-electron chi connectivity index (χ1n) is 8.06. The molecule has 0 amide bonds. The maximum absolute atomic E-state index is 13.7. The van der Waals surface area contributed by atoms with Crippen molar-refractivity contribution < 1.29 is 18.6 Å². The van der Waals surface area contributed by atoms with Crippen LogP contribution in [0.5, 0.6) is 11.5 Å². The molecule has 2 atom stereocenters. The quantitative estimate of drug-likeness (QED) is 0.913. The average Bonchev–Trinajstić information content (AvgIpc) is 2.60. The monoisotopic (exact) mass is 331 g/mol. The summed E-state index contributed by atoms with van der Waals surface area (Å²) in [5, 5.41) is 3.30. The number of hydrogen-bond donors (Lipinski definition) is 1. The zero-order valence-corrected chi connectivity index (χ0v) is 13.9. The lowest BCUT2D eigenvalue weighted by Crippen LogP contribution is -2.43. The molecule has 5 heteroatoms. The molecular weight excluding hydrogens is 309 g/mol. The van der Waals surface area contributed by atoms with Crippen molar-refractivity contribution in [1.29, 1.82) is 0 Å². The molecule has 3 rings (SSSR count). The summed E-state index contributed by atoms with van der Waals surface area (Å²) in [5.74, 6) is 0.979. The van der Waals surface area contributed by atoms with Crippen LogP contribution in [0.4, 0.5) is 4.39 Å². The second kappa shape index (κ2) is 7.64. The van der Waals surface area contributed by atoms with Gasteiger partial charge in [0, 0.05) is 13.1 Å². The predicted octanol–water partition coefficient (Wildman–Crippen LogP) is 3.25. The van der Waals surface area contributed by atoms with Gasteiger partial charge in [0.2, 0.25) is 0 Å². The van der Waals surface area contributed by atoms with Crippen molar-refractivity contribution in [3.05, 3.63) is 59.4 Å². The Bertz CT molecular complexity index is 686. The van der Waals surface area contributed by atoms with E-state index in [0.29, 0.717) is 24.7 Å². The lowest BCUT2D eigenvalue weighted by Gasteiger charge is -2.32. The molecule has 0 spiro atoms. The second-order valence-electron chi connectivity index (χ2n) is 5.86. The molecule has 1 aliphatic rings. The van der Waals surface area contributed by atoms with Gasteiger partial charge in [-0.25, -0.2) is 4.39 Å². The van der Waals surface area contributed by atoms with Gasteiger partial charge in [0.25, 0.3) is 0 Å². The van der Waals surface area contributed by atoms with E-state index < -0.39 is 6.10 Å². The van der Waals surface area contributed by atoms with E-state index in [9.17, 15) is 4.39 Å². The Kier molecular flexibility index (Phi) is 5.33. The Morgan fingerprint density at radius 3 is 2.79 bits per heavy atom. The molecule has 24 heavy (non-hydrogen) atoms. The van der Waals surface area contributed by atoms with Crippen molar-refractivity contribution >= 4 is 0 Å². The molecule has 1 saturated heterocycles. The molecule has 0 aromatic heterocycles. The molecule has 4 nitrogen and oxygen atoms in total. The number of hydrogen-bond acceptors (Lipinski definition) is 4. The third-order valence-corrected chi connectivity index (χ3v) is 4.04. The first-order chi connectivity index (χ1) is 11.7. The number of benzene rings is 2. The molecule has 1 aliphatic heterocycles. The maximum atomic E-state index is 13.7. The van der Waals surface area contributed by atoms with E-state index in [1.165, 1.54) is 12.1 Å². The number of ether oxygens (including phenoxy) is 3. The van der Waals surface area contributed by atoms with Crippen LogP contribution in [-0.2, 0) is 4.74 Å². The summed E-state index contributed by atoms with van der Waals surface area (Å²) >= 11 is 0. The molecule has 0 radical (unpaired) electrons. The van der Waals surface area contributed by atoms with E-state index >= 15 is 0 Å². The van der Waals surface area contributed by atoms with Crippen LogP contribution in [0.15, 0.2) is 42.5 Å². The van der Waals surface area contributed by atoms with Crippen LogP contribution in [-0.4, -0.2) is 32.9 Å². The van der Waals surface area contributed by atoms with Gasteiger partial charge in [-0.05, 0) is 42.3 Å². The van der Waals surface area contributed by atoms with Gasteiger partial charge >= 0.3 is 0 Å². The highest BCUT2D eigenvalue weighted by Gasteiger charge is 2.29. The van der Waals surface area contributed by atoms with Gasteiger partial charge in [0.05, 0.1) is 13.7 Å². The standard InChI is InChI=1S/C19H22FNO3/c1-13-6-7-16(22-2)17(10-13)24-19(18-12-21-8-9-23-18)14-4-3-5-15(20)11-14/h3-7,10-11,18-19,21H,8-9,12H2,1-2H3/t18-,19?/m0/s1. The van der Waals surface area contributed by atoms with E-state index in [4.69, 9.17) is 14.2 Å². The molecule has 2 aromatic rings. The Morgan fingerprint density at radius 2 is 2.08 bits per heavy atom. The van der Waals surface area contributed by atoms with Gasteiger partial charge in [-0.3, -0.25) is 0 Å². The molecule has 1 heterocycles. The molecule has 1 N–H and O–H groups in total. The molecule has 128 valence electrons. The van der Waals surface area contributed by atoms with Gasteiger partial charge in [0.15, 0.2) is 17.6 Å². The fourth-order valence-electron chi connectivity index (χ4n) is 2.84. The molecule has 0 saturated carbocycles. The number of nitrogens with one attached hydrogen (secondary N) is 1. The SMILES string of the molecule is COc1ccc(C)cc1OC(c1cccc(F)c1)[C@@H]1CNCCO1. The molecule has 1 unspecified atom stereocenters. The van der Waals surface area contributed by atoms with E-state index in [1.54, 1.807) is 13.2 Å². The van der Waals surface area contributed by atoms with Gasteiger partial charge in [-0.2, -0.15) is 0 Å². The largest absolute Gasteiger partial charge is 0.493 e. The van der Waals surface area contributed by atoms with E-state index in [2.05, 4.69) is 5.32 Å². The molecule has 1 fully saturated rings. The number of methoxy groups -OCH3 is 1. The Morgan fingerprint density at radius 1 is 1.21 bits per heavy atom. The Labute approximate surface area is 141 Å². The van der Waals surface area contributed by atoms with Crippen LogP contribution in [0.2, 0.25) is 0 Å². The van der Waals surface area contributed by atoms with Crippen LogP contribution in [0.25, 0.3) is 0 Å². The van der Waals surface area contributed by atoms with E-state index in [1.807, 2.05) is 31.2 Å². The summed E-state index contributed by atoms with van der Waals surface area (Å²) in [7, 11) is 1.60. The van der Waals surface area contributed by atoms with E-state index in [0.717, 1.165) is 17.7 Å². The second-order valence-corrected chi connectivity index (χ2v) is 5.86. The lowest BCUT2D eigenvalue weighted by atomic mass is 10.0. The summed E-state index contributed by atoms with van der Waals surface area (Å²) < 4.78 is 31.2. The van der Waals surface area contributed by atoms with Crippen LogP contribution >= 0.6 is 0 Å². The number of morpholine rings is 1. The molecule has 0 aliphatic carbocycles. The first-order valence-corrected chi connectivity index (χ1v) is 8.06. The van der Waals surface area contributed by atoms with Crippen LogP contribution in [0.3, 0.4) is 0 Å². The minimum absolute atomic E-state index is 0.203. The van der Waals surface area contributed by atoms with Crippen LogP contribution < -0.4 is 14.8 Å². The molecule has 0 bridgehead atoms. The zero-order chi connectivity index (χ0) is 16.9. The third kappa shape index (κ3) is 3.86. The summed E-state index contributed by atoms with van der Waals surface area (Å²) in [4.78, 5) is 0. The van der Waals surface area contributed by atoms with Crippen molar-refractivity contribution in [3.8, 4) is 11.5 Å². The van der Waals surface area contributed by atoms with Gasteiger partial charge < -0.3 is 19.5 Å². The highest BCUT2D eigenvalue weighted by Crippen LogP contribution is 2.34. The number of rotatable bonds is 5. The molecular formula is C19H22FNO3. The first kappa shape index (κ1) is 16.7. The van der Waals surface area contributed by atoms with Crippen molar-refractivity contribution in [2.75, 3.05) is 26.8 Å². The highest BCUT2D eigenvalue weighted by atomic mass is 19.1. The highest BCUT2D eigenvalue weighted by molar-refractivity contribution is 5.43. The predicted molar refractivity (Wildman–Crippen MR) is 90.1 cm³/mol. The summed E-state index contributed by atoms with van der Waals surface area (Å²) in [6, 6.07) is 12.2. The molecule has 2 aromatic carbocycles. The number of aryl methyl sites for hydroxylation is 1. The van der Waals surface area contributed by atoms with Crippen LogP contribution in [0.1, 0.15) is 17.2 Å². The van der Waals surface area contributed by atoms with E-state index in [-0.39, 0.29) is 11.9 Å². The minimum Gasteiger partial charge on any atom is -0.493 e. The summed E-state index contributed by atoms with van der Waals surface area (Å²) in [6.07, 6.45) is -0.630.